The van der Waals surface area contributed by atoms with Crippen LogP contribution in [-0.4, -0.2) is 7.11 Å². The minimum absolute atomic E-state index is 0.343. The van der Waals surface area contributed by atoms with E-state index in [0.717, 1.165) is 12.0 Å². The molecule has 0 aromatic heterocycles. The highest BCUT2D eigenvalue weighted by Crippen LogP contribution is 2.36. The van der Waals surface area contributed by atoms with Gasteiger partial charge in [-0.3, -0.25) is 0 Å². The number of alkyl halides is 1. The smallest absolute Gasteiger partial charge is 0.131 e. The first-order chi connectivity index (χ1) is 10.2. The fourth-order valence-corrected chi connectivity index (χ4v) is 2.70. The summed E-state index contributed by atoms with van der Waals surface area (Å²) >= 11 is 6.46. The molecule has 0 bridgehead atoms. The number of unbranched alkanes of at least 4 members (excludes halogenated alkanes) is 1. The fraction of sp³-hybridized carbons (Fsp3) is 0.333. The zero-order valence-electron chi connectivity index (χ0n) is 12.4. The van der Waals surface area contributed by atoms with Crippen molar-refractivity contribution in [2.75, 3.05) is 7.11 Å². The first-order valence-corrected chi connectivity index (χ1v) is 7.66. The second-order valence-corrected chi connectivity index (χ2v) is 5.50. The highest BCUT2D eigenvalue weighted by molar-refractivity contribution is 6.22. The molecule has 0 aliphatic rings. The molecule has 1 unspecified atom stereocenters. The summed E-state index contributed by atoms with van der Waals surface area (Å²) in [5.74, 6) is 0.134. The van der Waals surface area contributed by atoms with E-state index >= 15 is 0 Å². The van der Waals surface area contributed by atoms with Gasteiger partial charge < -0.3 is 4.74 Å². The van der Waals surface area contributed by atoms with Crippen LogP contribution in [0.15, 0.2) is 42.5 Å². The van der Waals surface area contributed by atoms with Crippen molar-refractivity contribution in [2.45, 2.75) is 31.6 Å². The number of rotatable bonds is 6. The monoisotopic (exact) mass is 306 g/mol. The van der Waals surface area contributed by atoms with Crippen LogP contribution in [0.1, 0.15) is 41.8 Å². The van der Waals surface area contributed by atoms with E-state index in [0.29, 0.717) is 11.3 Å². The molecule has 0 heterocycles. The maximum absolute atomic E-state index is 14.1. The third-order valence-electron chi connectivity index (χ3n) is 3.58. The van der Waals surface area contributed by atoms with E-state index < -0.39 is 5.38 Å². The zero-order chi connectivity index (χ0) is 15.2. The van der Waals surface area contributed by atoms with E-state index in [-0.39, 0.29) is 5.82 Å². The van der Waals surface area contributed by atoms with E-state index in [1.165, 1.54) is 31.6 Å². The lowest BCUT2D eigenvalue weighted by molar-refractivity contribution is 0.405. The number of ether oxygens (including phenoxy) is 1. The summed E-state index contributed by atoms with van der Waals surface area (Å²) in [6.45, 7) is 2.17. The van der Waals surface area contributed by atoms with Gasteiger partial charge in [-0.15, -0.1) is 11.6 Å². The molecule has 2 aromatic carbocycles. The molecule has 1 nitrogen and oxygen atoms in total. The van der Waals surface area contributed by atoms with Gasteiger partial charge in [-0.05, 0) is 36.1 Å². The summed E-state index contributed by atoms with van der Waals surface area (Å²) in [4.78, 5) is 0. The molecule has 0 aliphatic heterocycles. The average molecular weight is 307 g/mol. The number of hydrogen-bond donors (Lipinski definition) is 0. The Labute approximate surface area is 130 Å². The van der Waals surface area contributed by atoms with Crippen molar-refractivity contribution < 1.29 is 9.13 Å². The Hall–Kier alpha value is -1.54. The van der Waals surface area contributed by atoms with Crippen LogP contribution in [0.25, 0.3) is 0 Å². The minimum atomic E-state index is -0.554. The van der Waals surface area contributed by atoms with E-state index in [9.17, 15) is 4.39 Å². The number of aryl methyl sites for hydroxylation is 1. The van der Waals surface area contributed by atoms with Gasteiger partial charge in [0.05, 0.1) is 18.1 Å². The Balaban J connectivity index is 2.26. The van der Waals surface area contributed by atoms with Gasteiger partial charge in [-0.2, -0.15) is 0 Å². The summed E-state index contributed by atoms with van der Waals surface area (Å²) in [7, 11) is 1.52. The SMILES string of the molecule is CCCCc1ccc(C(Cl)c2c(F)cccc2OC)cc1. The number of benzene rings is 2. The van der Waals surface area contributed by atoms with Crippen LogP contribution in [0, 0.1) is 5.82 Å². The summed E-state index contributed by atoms with van der Waals surface area (Å²) in [5.41, 5.74) is 2.55. The van der Waals surface area contributed by atoms with Crippen LogP contribution in [0.3, 0.4) is 0 Å². The van der Waals surface area contributed by atoms with Gasteiger partial charge >= 0.3 is 0 Å². The third kappa shape index (κ3) is 3.76. The van der Waals surface area contributed by atoms with E-state index in [4.69, 9.17) is 16.3 Å². The normalized spacial score (nSPS) is 12.2. The van der Waals surface area contributed by atoms with Crippen molar-refractivity contribution in [3.8, 4) is 5.75 Å². The van der Waals surface area contributed by atoms with Crippen molar-refractivity contribution in [1.82, 2.24) is 0 Å². The van der Waals surface area contributed by atoms with E-state index in [1.807, 2.05) is 12.1 Å². The molecular formula is C18H20ClFO. The number of hydrogen-bond acceptors (Lipinski definition) is 1. The average Bonchev–Trinajstić information content (AvgIpc) is 2.52. The fourth-order valence-electron chi connectivity index (χ4n) is 2.34. The highest BCUT2D eigenvalue weighted by Gasteiger charge is 2.19. The molecule has 0 saturated carbocycles. The topological polar surface area (TPSA) is 9.23 Å². The van der Waals surface area contributed by atoms with Gasteiger partial charge in [0.1, 0.15) is 11.6 Å². The molecule has 0 saturated heterocycles. The Bertz CT molecular complexity index is 580. The molecule has 112 valence electrons. The predicted molar refractivity (Wildman–Crippen MR) is 85.7 cm³/mol. The third-order valence-corrected chi connectivity index (χ3v) is 4.05. The standard InChI is InChI=1S/C18H20ClFO/c1-3-4-6-13-9-11-14(12-10-13)18(19)17-15(20)7-5-8-16(17)21-2/h5,7-12,18H,3-4,6H2,1-2H3. The molecule has 2 aromatic rings. The lowest BCUT2D eigenvalue weighted by Crippen LogP contribution is -2.01. The largest absolute Gasteiger partial charge is 0.496 e. The molecule has 0 radical (unpaired) electrons. The lowest BCUT2D eigenvalue weighted by Gasteiger charge is -2.15. The van der Waals surface area contributed by atoms with Crippen molar-refractivity contribution in [1.29, 1.82) is 0 Å². The number of halogens is 2. The number of methoxy groups -OCH3 is 1. The summed E-state index contributed by atoms with van der Waals surface area (Å²) in [6.07, 6.45) is 3.41. The molecule has 2 rings (SSSR count). The van der Waals surface area contributed by atoms with Crippen LogP contribution in [0.2, 0.25) is 0 Å². The van der Waals surface area contributed by atoms with Crippen LogP contribution < -0.4 is 4.74 Å². The maximum atomic E-state index is 14.1. The molecule has 0 amide bonds. The van der Waals surface area contributed by atoms with Crippen molar-refractivity contribution >= 4 is 11.6 Å². The molecule has 1 atom stereocenters. The van der Waals surface area contributed by atoms with Crippen molar-refractivity contribution in [2.24, 2.45) is 0 Å². The van der Waals surface area contributed by atoms with Gasteiger partial charge in [-0.25, -0.2) is 4.39 Å². The quantitative estimate of drug-likeness (QED) is 0.640. The van der Waals surface area contributed by atoms with E-state index in [1.54, 1.807) is 12.1 Å². The van der Waals surface area contributed by atoms with Crippen molar-refractivity contribution in [3.63, 3.8) is 0 Å². The molecule has 0 fully saturated rings. The van der Waals surface area contributed by atoms with Crippen LogP contribution in [0.5, 0.6) is 5.75 Å². The maximum Gasteiger partial charge on any atom is 0.131 e. The summed E-state index contributed by atoms with van der Waals surface area (Å²) < 4.78 is 19.3. The van der Waals surface area contributed by atoms with Gasteiger partial charge in [0.25, 0.3) is 0 Å². The van der Waals surface area contributed by atoms with Crippen LogP contribution in [-0.2, 0) is 6.42 Å². The van der Waals surface area contributed by atoms with Crippen LogP contribution >= 0.6 is 11.6 Å². The minimum Gasteiger partial charge on any atom is -0.496 e. The Morgan fingerprint density at radius 2 is 1.86 bits per heavy atom. The predicted octanol–water partition coefficient (Wildman–Crippen LogP) is 5.51. The Morgan fingerprint density at radius 3 is 2.48 bits per heavy atom. The second kappa shape index (κ2) is 7.46. The first kappa shape index (κ1) is 15.8. The summed E-state index contributed by atoms with van der Waals surface area (Å²) in [5, 5.41) is -0.554. The Morgan fingerprint density at radius 1 is 1.14 bits per heavy atom. The highest BCUT2D eigenvalue weighted by atomic mass is 35.5. The lowest BCUT2D eigenvalue weighted by atomic mass is 10.00. The molecular weight excluding hydrogens is 287 g/mol. The molecule has 0 aliphatic carbocycles. The van der Waals surface area contributed by atoms with Gasteiger partial charge in [0, 0.05) is 0 Å². The molecule has 0 N–H and O–H groups in total. The first-order valence-electron chi connectivity index (χ1n) is 7.22. The zero-order valence-corrected chi connectivity index (χ0v) is 13.2. The van der Waals surface area contributed by atoms with Gasteiger partial charge in [-0.1, -0.05) is 43.7 Å². The van der Waals surface area contributed by atoms with Crippen LogP contribution in [0.4, 0.5) is 4.39 Å². The second-order valence-electron chi connectivity index (χ2n) is 5.06. The van der Waals surface area contributed by atoms with Gasteiger partial charge in [0.15, 0.2) is 0 Å². The molecule has 3 heteroatoms. The van der Waals surface area contributed by atoms with Crippen molar-refractivity contribution in [3.05, 3.63) is 65.0 Å². The van der Waals surface area contributed by atoms with Gasteiger partial charge in [0.2, 0.25) is 0 Å². The van der Waals surface area contributed by atoms with E-state index in [2.05, 4.69) is 19.1 Å². The molecule has 21 heavy (non-hydrogen) atoms. The summed E-state index contributed by atoms with van der Waals surface area (Å²) in [6, 6.07) is 12.8. The Kier molecular flexibility index (Phi) is 5.63. The molecule has 0 spiro atoms.